The van der Waals surface area contributed by atoms with Crippen LogP contribution in [0.2, 0.25) is 0 Å². The number of hydrogen-bond acceptors (Lipinski definition) is 2. The van der Waals surface area contributed by atoms with E-state index in [1.54, 1.807) is 0 Å². The van der Waals surface area contributed by atoms with Crippen LogP contribution in [-0.4, -0.2) is 16.5 Å². The van der Waals surface area contributed by atoms with E-state index in [1.165, 1.54) is 27.5 Å². The van der Waals surface area contributed by atoms with Crippen LogP contribution in [0.4, 0.5) is 0 Å². The lowest BCUT2D eigenvalue weighted by molar-refractivity contribution is 1.23. The van der Waals surface area contributed by atoms with Gasteiger partial charge in [-0.1, -0.05) is 117 Å². The number of pyridine rings is 1. The molecule has 0 saturated heterocycles. The lowest BCUT2D eigenvalue weighted by Gasteiger charge is -2.16. The van der Waals surface area contributed by atoms with Gasteiger partial charge in [-0.2, -0.15) is 0 Å². The molecular weight excluding hydrogens is 558 g/mol. The van der Waals surface area contributed by atoms with Crippen LogP contribution in [0.15, 0.2) is 156 Å². The second kappa shape index (κ2) is 14.0. The van der Waals surface area contributed by atoms with E-state index < -0.39 is 0 Å². The van der Waals surface area contributed by atoms with Crippen LogP contribution in [0, 0.1) is 6.92 Å². The lowest BCUT2D eigenvalue weighted by Crippen LogP contribution is -2.05. The molecule has 0 N–H and O–H groups in total. The van der Waals surface area contributed by atoms with Crippen LogP contribution in [0.1, 0.15) is 48.1 Å². The average Bonchev–Trinajstić information content (AvgIpc) is 3.11. The number of fused-ring (bicyclic) bond motifs is 1. The minimum atomic E-state index is 0.616. The van der Waals surface area contributed by atoms with Crippen LogP contribution >= 0.6 is 0 Å². The van der Waals surface area contributed by atoms with E-state index in [-0.39, 0.29) is 0 Å². The molecule has 3 heteroatoms. The lowest BCUT2D eigenvalue weighted by atomic mass is 9.88. The number of aromatic nitrogens is 1. The summed E-state index contributed by atoms with van der Waals surface area (Å²) < 4.78 is 0. The summed E-state index contributed by atoms with van der Waals surface area (Å²) in [5, 5.41) is 2.49. The van der Waals surface area contributed by atoms with E-state index in [2.05, 4.69) is 94.1 Å². The fourth-order valence-corrected chi connectivity index (χ4v) is 5.70. The molecule has 0 aliphatic rings. The molecule has 0 aliphatic heterocycles. The van der Waals surface area contributed by atoms with Crippen LogP contribution in [0.25, 0.3) is 44.9 Å². The molecule has 6 rings (SSSR count). The van der Waals surface area contributed by atoms with E-state index in [0.717, 1.165) is 45.6 Å². The highest BCUT2D eigenvalue weighted by molar-refractivity contribution is 6.13. The Balaban J connectivity index is 1.55. The van der Waals surface area contributed by atoms with Crippen molar-refractivity contribution in [1.82, 2.24) is 4.98 Å². The monoisotopic (exact) mass is 595 g/mol. The topological polar surface area (TPSA) is 37.6 Å². The van der Waals surface area contributed by atoms with E-state index >= 15 is 0 Å². The summed E-state index contributed by atoms with van der Waals surface area (Å²) in [6.07, 6.45) is 7.31. The summed E-state index contributed by atoms with van der Waals surface area (Å²) in [6, 6.07) is 43.7. The Morgan fingerprint density at radius 3 is 2.11 bits per heavy atom. The highest BCUT2D eigenvalue weighted by atomic mass is 14.9. The van der Waals surface area contributed by atoms with E-state index in [0.29, 0.717) is 11.5 Å². The predicted octanol–water partition coefficient (Wildman–Crippen LogP) is 11.2. The Labute approximate surface area is 272 Å². The summed E-state index contributed by atoms with van der Waals surface area (Å²) in [4.78, 5) is 14.8. The third kappa shape index (κ3) is 6.69. The molecule has 0 atom stereocenters. The standard InChI is InChI=1S/C43H37N3/c1-5-6-22-40-30(2)39-23-14-13-21-35(39)29-41(40)37-26-36(27-38(28-37)42-24-15-16-25-44-42)32(4)46-43(34-19-11-8-12-20-34)45-31(3)33-17-9-7-10-18-33/h6-29H,3,5H2,1-2,4H3/b22-6-,45-43-,46-32+. The maximum absolute atomic E-state index is 5.16. The van der Waals surface area contributed by atoms with E-state index in [1.807, 2.05) is 79.0 Å². The normalized spacial score (nSPS) is 12.2. The second-order valence-electron chi connectivity index (χ2n) is 11.3. The van der Waals surface area contributed by atoms with Crippen molar-refractivity contribution in [1.29, 1.82) is 0 Å². The number of amidine groups is 1. The molecule has 0 fully saturated rings. The Hall–Kier alpha value is -5.67. The smallest absolute Gasteiger partial charge is 0.160 e. The molecule has 1 aromatic heterocycles. The van der Waals surface area contributed by atoms with Gasteiger partial charge in [0.05, 0.1) is 11.4 Å². The summed E-state index contributed by atoms with van der Waals surface area (Å²) in [5.41, 5.74) is 11.1. The van der Waals surface area contributed by atoms with Crippen LogP contribution < -0.4 is 0 Å². The number of aryl methyl sites for hydroxylation is 1. The van der Waals surface area contributed by atoms with Crippen molar-refractivity contribution in [3.05, 3.63) is 174 Å². The first-order chi connectivity index (χ1) is 22.5. The molecule has 0 bridgehead atoms. The third-order valence-electron chi connectivity index (χ3n) is 8.15. The van der Waals surface area contributed by atoms with Crippen molar-refractivity contribution >= 4 is 34.1 Å². The number of hydrogen-bond donors (Lipinski definition) is 0. The van der Waals surface area contributed by atoms with Gasteiger partial charge >= 0.3 is 0 Å². The zero-order valence-corrected chi connectivity index (χ0v) is 26.6. The molecular formula is C43H37N3. The minimum Gasteiger partial charge on any atom is -0.256 e. The van der Waals surface area contributed by atoms with Gasteiger partial charge in [0, 0.05) is 23.0 Å². The second-order valence-corrected chi connectivity index (χ2v) is 11.3. The Morgan fingerprint density at radius 1 is 0.717 bits per heavy atom. The Kier molecular flexibility index (Phi) is 9.22. The molecule has 46 heavy (non-hydrogen) atoms. The zero-order chi connectivity index (χ0) is 31.9. The van der Waals surface area contributed by atoms with Gasteiger partial charge in [-0.05, 0) is 101 Å². The number of benzene rings is 5. The molecule has 6 aromatic rings. The largest absolute Gasteiger partial charge is 0.256 e. The zero-order valence-electron chi connectivity index (χ0n) is 26.6. The van der Waals surface area contributed by atoms with Gasteiger partial charge in [0.1, 0.15) is 0 Å². The van der Waals surface area contributed by atoms with Gasteiger partial charge < -0.3 is 0 Å². The van der Waals surface area contributed by atoms with E-state index in [9.17, 15) is 0 Å². The van der Waals surface area contributed by atoms with Gasteiger partial charge in [-0.15, -0.1) is 0 Å². The quantitative estimate of drug-likeness (QED) is 0.127. The van der Waals surface area contributed by atoms with Crippen LogP contribution in [-0.2, 0) is 0 Å². The van der Waals surface area contributed by atoms with Gasteiger partial charge in [-0.25, -0.2) is 9.98 Å². The molecule has 5 aromatic carbocycles. The first-order valence-corrected chi connectivity index (χ1v) is 15.7. The number of allylic oxidation sites excluding steroid dienone is 1. The molecule has 0 saturated carbocycles. The van der Waals surface area contributed by atoms with Crippen molar-refractivity contribution < 1.29 is 0 Å². The molecule has 0 spiro atoms. The van der Waals surface area contributed by atoms with Crippen LogP contribution in [0.3, 0.4) is 0 Å². The van der Waals surface area contributed by atoms with E-state index in [4.69, 9.17) is 15.0 Å². The number of rotatable bonds is 8. The molecule has 0 radical (unpaired) electrons. The molecule has 1 heterocycles. The number of nitrogens with zero attached hydrogens (tertiary/aromatic N) is 3. The van der Waals surface area contributed by atoms with Crippen molar-refractivity contribution in [3.63, 3.8) is 0 Å². The fourth-order valence-electron chi connectivity index (χ4n) is 5.70. The highest BCUT2D eigenvalue weighted by Crippen LogP contribution is 2.36. The molecule has 224 valence electrons. The van der Waals surface area contributed by atoms with Gasteiger partial charge in [0.25, 0.3) is 0 Å². The summed E-state index contributed by atoms with van der Waals surface area (Å²) in [6.45, 7) is 10.7. The molecule has 0 aliphatic carbocycles. The van der Waals surface area contributed by atoms with Crippen molar-refractivity contribution in [2.24, 2.45) is 9.98 Å². The van der Waals surface area contributed by atoms with Crippen LogP contribution in [0.5, 0.6) is 0 Å². The SMILES string of the molecule is C=C(/N=C(\N=C(/C)c1cc(-c2ccccn2)cc(-c2cc3ccccc3c(C)c2/C=C\CC)c1)c1ccccc1)c1ccccc1. The number of aliphatic imine (C=N–C) groups is 2. The average molecular weight is 596 g/mol. The maximum Gasteiger partial charge on any atom is 0.160 e. The summed E-state index contributed by atoms with van der Waals surface area (Å²) in [7, 11) is 0. The molecule has 3 nitrogen and oxygen atoms in total. The van der Waals surface area contributed by atoms with Crippen molar-refractivity contribution in [3.8, 4) is 22.4 Å². The van der Waals surface area contributed by atoms with Gasteiger partial charge in [0.15, 0.2) is 5.84 Å². The highest BCUT2D eigenvalue weighted by Gasteiger charge is 2.15. The molecule has 0 amide bonds. The Bertz CT molecular complexity index is 2090. The maximum atomic E-state index is 5.16. The predicted molar refractivity (Wildman–Crippen MR) is 197 cm³/mol. The summed E-state index contributed by atoms with van der Waals surface area (Å²) >= 11 is 0. The van der Waals surface area contributed by atoms with Crippen molar-refractivity contribution in [2.45, 2.75) is 27.2 Å². The van der Waals surface area contributed by atoms with Gasteiger partial charge in [-0.3, -0.25) is 4.98 Å². The summed E-state index contributed by atoms with van der Waals surface area (Å²) in [5.74, 6) is 0.616. The van der Waals surface area contributed by atoms with Crippen molar-refractivity contribution in [2.75, 3.05) is 0 Å². The fraction of sp³-hybridized carbons (Fsp3) is 0.0930. The first-order valence-electron chi connectivity index (χ1n) is 15.7. The minimum absolute atomic E-state index is 0.616. The van der Waals surface area contributed by atoms with Gasteiger partial charge in [0.2, 0.25) is 0 Å². The first kappa shape index (κ1) is 30.4. The Morgan fingerprint density at radius 2 is 1.39 bits per heavy atom. The molecule has 0 unspecified atom stereocenters. The third-order valence-corrected chi connectivity index (χ3v) is 8.15.